The first-order valence-corrected chi connectivity index (χ1v) is 14.2. The summed E-state index contributed by atoms with van der Waals surface area (Å²) in [5.74, 6) is 0.00884. The van der Waals surface area contributed by atoms with Crippen LogP contribution in [-0.2, 0) is 38.3 Å². The minimum atomic E-state index is -3.76. The third-order valence-corrected chi connectivity index (χ3v) is 7.34. The van der Waals surface area contributed by atoms with E-state index in [-0.39, 0.29) is 24.1 Å². The maximum atomic E-state index is 12.4. The van der Waals surface area contributed by atoms with Crippen LogP contribution < -0.4 is 14.8 Å². The van der Waals surface area contributed by atoms with Gasteiger partial charge >= 0.3 is 0 Å². The number of nitrogens with zero attached hydrogens (tertiary/aromatic N) is 1. The molecule has 2 aromatic carbocycles. The molecule has 1 aliphatic rings. The van der Waals surface area contributed by atoms with E-state index in [0.29, 0.717) is 38.2 Å². The first-order valence-electron chi connectivity index (χ1n) is 12.5. The molecule has 9 heteroatoms. The molecule has 0 bridgehead atoms. The highest BCUT2D eigenvalue weighted by molar-refractivity contribution is 7.89. The molecule has 0 aliphatic carbocycles. The van der Waals surface area contributed by atoms with E-state index >= 15 is 0 Å². The maximum absolute atomic E-state index is 12.4. The molecule has 2 amide bonds. The lowest BCUT2D eigenvalue weighted by Gasteiger charge is -2.27. The molecule has 2 aromatic rings. The van der Waals surface area contributed by atoms with Gasteiger partial charge in [0.2, 0.25) is 21.8 Å². The summed E-state index contributed by atoms with van der Waals surface area (Å²) in [6, 6.07) is 14.7. The minimum Gasteiger partial charge on any atom is -0.493 e. The van der Waals surface area contributed by atoms with Crippen LogP contribution in [-0.4, -0.2) is 50.9 Å². The van der Waals surface area contributed by atoms with Gasteiger partial charge in [0.05, 0.1) is 18.9 Å². The number of amides is 2. The van der Waals surface area contributed by atoms with Crippen molar-refractivity contribution < 1.29 is 22.7 Å². The summed E-state index contributed by atoms with van der Waals surface area (Å²) in [6.07, 6.45) is 3.24. The number of aryl methyl sites for hydroxylation is 1. The molecule has 36 heavy (non-hydrogen) atoms. The Morgan fingerprint density at radius 2 is 1.83 bits per heavy atom. The number of benzene rings is 2. The quantitative estimate of drug-likeness (QED) is 0.587. The molecule has 196 valence electrons. The van der Waals surface area contributed by atoms with Crippen LogP contribution in [0.15, 0.2) is 48.5 Å². The van der Waals surface area contributed by atoms with Gasteiger partial charge in [0.25, 0.3) is 0 Å². The summed E-state index contributed by atoms with van der Waals surface area (Å²) in [7, 11) is -3.76. The zero-order chi connectivity index (χ0) is 26.0. The lowest BCUT2D eigenvalue weighted by Crippen LogP contribution is -2.40. The van der Waals surface area contributed by atoms with E-state index in [1.807, 2.05) is 24.3 Å². The fourth-order valence-electron chi connectivity index (χ4n) is 4.06. The molecular formula is C27H37N3O5S. The fourth-order valence-corrected chi connectivity index (χ4v) is 5.21. The van der Waals surface area contributed by atoms with E-state index in [1.165, 1.54) is 0 Å². The van der Waals surface area contributed by atoms with Gasteiger partial charge in [-0.1, -0.05) is 42.5 Å². The van der Waals surface area contributed by atoms with Crippen molar-refractivity contribution in [1.82, 2.24) is 14.9 Å². The summed E-state index contributed by atoms with van der Waals surface area (Å²) in [6.45, 7) is 6.20. The van der Waals surface area contributed by atoms with E-state index in [2.05, 4.69) is 28.8 Å². The van der Waals surface area contributed by atoms with Crippen LogP contribution in [0.4, 0.5) is 0 Å². The van der Waals surface area contributed by atoms with Crippen molar-refractivity contribution >= 4 is 21.8 Å². The maximum Gasteiger partial charge on any atom is 0.239 e. The number of hydrogen-bond donors (Lipinski definition) is 2. The zero-order valence-electron chi connectivity index (χ0n) is 21.2. The highest BCUT2D eigenvalue weighted by Crippen LogP contribution is 2.24. The van der Waals surface area contributed by atoms with Gasteiger partial charge in [0.15, 0.2) is 0 Å². The molecule has 3 rings (SSSR count). The molecule has 0 unspecified atom stereocenters. The van der Waals surface area contributed by atoms with Crippen molar-refractivity contribution in [2.24, 2.45) is 0 Å². The normalized spacial score (nSPS) is 16.0. The number of nitrogens with one attached hydrogen (secondary N) is 2. The Kier molecular flexibility index (Phi) is 10.3. The second-order valence-corrected chi connectivity index (χ2v) is 11.2. The Hall–Kier alpha value is -2.91. The lowest BCUT2D eigenvalue weighted by atomic mass is 10.0. The molecule has 1 aliphatic heterocycles. The van der Waals surface area contributed by atoms with Crippen LogP contribution in [0.1, 0.15) is 56.2 Å². The Morgan fingerprint density at radius 1 is 1.06 bits per heavy atom. The summed E-state index contributed by atoms with van der Waals surface area (Å²) in [5.41, 5.74) is 2.48. The number of rotatable bonds is 7. The number of hydrogen-bond acceptors (Lipinski definition) is 6. The molecule has 8 nitrogen and oxygen atoms in total. The number of carbonyl (C=O) groups excluding carboxylic acids is 2. The molecular weight excluding hydrogens is 478 g/mol. The monoisotopic (exact) mass is 515 g/mol. The van der Waals surface area contributed by atoms with Crippen LogP contribution in [0.25, 0.3) is 0 Å². The highest BCUT2D eigenvalue weighted by atomic mass is 32.2. The second kappa shape index (κ2) is 13.4. The predicted octanol–water partition coefficient (Wildman–Crippen LogP) is 3.15. The smallest absolute Gasteiger partial charge is 0.239 e. The first kappa shape index (κ1) is 27.7. The van der Waals surface area contributed by atoms with Gasteiger partial charge in [-0.05, 0) is 56.7 Å². The average Bonchev–Trinajstić information content (AvgIpc) is 2.83. The van der Waals surface area contributed by atoms with Gasteiger partial charge in [-0.2, -0.15) is 0 Å². The van der Waals surface area contributed by atoms with Crippen LogP contribution in [0, 0.1) is 0 Å². The van der Waals surface area contributed by atoms with Crippen molar-refractivity contribution in [3.05, 3.63) is 65.2 Å². The molecule has 0 saturated heterocycles. The first-order chi connectivity index (χ1) is 17.2. The van der Waals surface area contributed by atoms with Gasteiger partial charge in [-0.25, -0.2) is 8.42 Å². The van der Waals surface area contributed by atoms with Gasteiger partial charge in [-0.15, -0.1) is 0 Å². The summed E-state index contributed by atoms with van der Waals surface area (Å²) in [5, 5.41) is 2.99. The summed E-state index contributed by atoms with van der Waals surface area (Å²) < 4.78 is 33.0. The lowest BCUT2D eigenvalue weighted by molar-refractivity contribution is -0.123. The van der Waals surface area contributed by atoms with Gasteiger partial charge < -0.3 is 10.1 Å². The largest absolute Gasteiger partial charge is 0.493 e. The number of carbonyl (C=O) groups is 2. The van der Waals surface area contributed by atoms with E-state index in [4.69, 9.17) is 4.74 Å². The zero-order valence-corrected chi connectivity index (χ0v) is 22.0. The third kappa shape index (κ3) is 9.28. The van der Waals surface area contributed by atoms with Crippen molar-refractivity contribution in [3.63, 3.8) is 0 Å². The molecule has 0 atom stereocenters. The SMILES string of the molecule is CC(C)N1CC(=O)NCCCCCOc2ccc(CCC(=O)NS(=O)(=O)Cc3ccccc3)cc2C1. The second-order valence-electron chi connectivity index (χ2n) is 9.47. The fraction of sp³-hybridized carbons (Fsp3) is 0.481. The van der Waals surface area contributed by atoms with E-state index in [0.717, 1.165) is 36.1 Å². The summed E-state index contributed by atoms with van der Waals surface area (Å²) >= 11 is 0. The standard InChI is InChI=1S/C27H37N3O5S/c1-21(2)30-18-24-17-22(11-13-25(24)35-16-8-4-7-15-28-27(32)19-30)12-14-26(31)29-36(33,34)20-23-9-5-3-6-10-23/h3,5-6,9-11,13,17,21H,4,7-8,12,14-16,18-20H2,1-2H3,(H,28,32)(H,29,31). The molecule has 0 saturated carbocycles. The van der Waals surface area contributed by atoms with Crippen molar-refractivity contribution in [2.45, 2.75) is 64.3 Å². The van der Waals surface area contributed by atoms with Crippen molar-refractivity contribution in [2.75, 3.05) is 19.7 Å². The summed E-state index contributed by atoms with van der Waals surface area (Å²) in [4.78, 5) is 26.9. The van der Waals surface area contributed by atoms with E-state index < -0.39 is 15.9 Å². The van der Waals surface area contributed by atoms with Gasteiger partial charge in [0, 0.05) is 31.1 Å². The van der Waals surface area contributed by atoms with Gasteiger partial charge in [-0.3, -0.25) is 19.2 Å². The highest BCUT2D eigenvalue weighted by Gasteiger charge is 2.19. The van der Waals surface area contributed by atoms with Crippen LogP contribution in [0.3, 0.4) is 0 Å². The Bertz CT molecular complexity index is 1120. The van der Waals surface area contributed by atoms with E-state index in [9.17, 15) is 18.0 Å². The Labute approximate surface area is 214 Å². The van der Waals surface area contributed by atoms with Gasteiger partial charge in [0.1, 0.15) is 5.75 Å². The molecule has 1 heterocycles. The van der Waals surface area contributed by atoms with Crippen LogP contribution in [0.2, 0.25) is 0 Å². The number of ether oxygens (including phenoxy) is 1. The van der Waals surface area contributed by atoms with Crippen molar-refractivity contribution in [3.8, 4) is 5.75 Å². The number of fused-ring (bicyclic) bond motifs is 1. The average molecular weight is 516 g/mol. The predicted molar refractivity (Wildman–Crippen MR) is 140 cm³/mol. The molecule has 0 aromatic heterocycles. The topological polar surface area (TPSA) is 105 Å². The molecule has 0 radical (unpaired) electrons. The molecule has 0 spiro atoms. The Morgan fingerprint density at radius 3 is 2.58 bits per heavy atom. The minimum absolute atomic E-state index is 0.00922. The Balaban J connectivity index is 1.67. The molecule has 2 N–H and O–H groups in total. The number of sulfonamides is 1. The molecule has 0 fully saturated rings. The third-order valence-electron chi connectivity index (χ3n) is 6.09. The van der Waals surface area contributed by atoms with Crippen LogP contribution >= 0.6 is 0 Å². The van der Waals surface area contributed by atoms with E-state index in [1.54, 1.807) is 24.3 Å². The van der Waals surface area contributed by atoms with Crippen LogP contribution in [0.5, 0.6) is 5.75 Å². The van der Waals surface area contributed by atoms with Crippen molar-refractivity contribution in [1.29, 1.82) is 0 Å².